The summed E-state index contributed by atoms with van der Waals surface area (Å²) in [7, 11) is 1.92. The molecule has 0 spiro atoms. The van der Waals surface area contributed by atoms with Crippen LogP contribution in [-0.2, 0) is 0 Å². The minimum Gasteiger partial charge on any atom is -0.466 e. The summed E-state index contributed by atoms with van der Waals surface area (Å²) in [6, 6.07) is 2.28. The molecule has 104 valence electrons. The van der Waals surface area contributed by atoms with Gasteiger partial charge in [-0.15, -0.1) is 0 Å². The number of hydrogen-bond donors (Lipinski definition) is 1. The number of hydrogen-bond acceptors (Lipinski definition) is 3. The summed E-state index contributed by atoms with van der Waals surface area (Å²) in [6.45, 7) is 8.10. The molecule has 2 aromatic heterocycles. The van der Waals surface area contributed by atoms with E-state index in [2.05, 4.69) is 24.3 Å². The van der Waals surface area contributed by atoms with E-state index >= 15 is 0 Å². The highest BCUT2D eigenvalue weighted by Crippen LogP contribution is 2.32. The lowest BCUT2D eigenvalue weighted by Crippen LogP contribution is -2.23. The molecule has 1 atom stereocenters. The number of aryl methyl sites for hydroxylation is 2. The third kappa shape index (κ3) is 2.55. The zero-order chi connectivity index (χ0) is 14.2. The molecule has 2 aromatic rings. The Labute approximate surface area is 118 Å². The Balaban J connectivity index is 2.54. The van der Waals surface area contributed by atoms with E-state index in [4.69, 9.17) is 16.0 Å². The van der Waals surface area contributed by atoms with Gasteiger partial charge in [0.2, 0.25) is 0 Å². The van der Waals surface area contributed by atoms with E-state index in [0.717, 1.165) is 22.8 Å². The summed E-state index contributed by atoms with van der Waals surface area (Å²) in [6.07, 6.45) is 1.70. The van der Waals surface area contributed by atoms with Crippen molar-refractivity contribution in [2.24, 2.45) is 0 Å². The van der Waals surface area contributed by atoms with Gasteiger partial charge in [0.05, 0.1) is 23.0 Å². The van der Waals surface area contributed by atoms with Crippen molar-refractivity contribution >= 4 is 11.6 Å². The minimum absolute atomic E-state index is 0.0187. The normalized spacial score (nSPS) is 13.2. The fraction of sp³-hybridized carbons (Fsp3) is 0.500. The molecular formula is C14H20ClN3O. The van der Waals surface area contributed by atoms with Gasteiger partial charge in [-0.05, 0) is 40.8 Å². The number of furan rings is 1. The van der Waals surface area contributed by atoms with E-state index in [1.165, 1.54) is 0 Å². The average molecular weight is 282 g/mol. The minimum atomic E-state index is -0.0187. The summed E-state index contributed by atoms with van der Waals surface area (Å²) < 4.78 is 7.57. The second-order valence-electron chi connectivity index (χ2n) is 5.01. The highest BCUT2D eigenvalue weighted by atomic mass is 35.5. The Kier molecular flexibility index (Phi) is 4.02. The standard InChI is InChI=1S/C14H20ClN3O/c1-8(2)18-14(12(15)7-17-18)13(16-5)11-6-9(3)19-10(11)4/h6-8,13,16H,1-5H3. The fourth-order valence-corrected chi connectivity index (χ4v) is 2.65. The van der Waals surface area contributed by atoms with Crippen LogP contribution in [0.3, 0.4) is 0 Å². The quantitative estimate of drug-likeness (QED) is 0.930. The van der Waals surface area contributed by atoms with Crippen molar-refractivity contribution in [3.05, 3.63) is 40.1 Å². The van der Waals surface area contributed by atoms with Gasteiger partial charge in [0.25, 0.3) is 0 Å². The van der Waals surface area contributed by atoms with Crippen LogP contribution in [0, 0.1) is 13.8 Å². The maximum absolute atomic E-state index is 6.32. The van der Waals surface area contributed by atoms with Crippen molar-refractivity contribution in [2.45, 2.75) is 39.8 Å². The van der Waals surface area contributed by atoms with Gasteiger partial charge >= 0.3 is 0 Å². The summed E-state index contributed by atoms with van der Waals surface area (Å²) in [5.41, 5.74) is 2.08. The average Bonchev–Trinajstić information content (AvgIpc) is 2.85. The van der Waals surface area contributed by atoms with Crippen LogP contribution in [0.1, 0.15) is 48.7 Å². The number of halogens is 1. The molecule has 0 bridgehead atoms. The molecule has 0 aromatic carbocycles. The molecule has 0 saturated carbocycles. The van der Waals surface area contributed by atoms with Gasteiger partial charge in [-0.3, -0.25) is 4.68 Å². The fourth-order valence-electron chi connectivity index (χ4n) is 2.41. The molecule has 2 heterocycles. The maximum atomic E-state index is 6.32. The number of nitrogens with zero attached hydrogens (tertiary/aromatic N) is 2. The van der Waals surface area contributed by atoms with E-state index in [9.17, 15) is 0 Å². The molecule has 19 heavy (non-hydrogen) atoms. The Morgan fingerprint density at radius 1 is 1.37 bits per heavy atom. The van der Waals surface area contributed by atoms with E-state index in [1.54, 1.807) is 6.20 Å². The smallest absolute Gasteiger partial charge is 0.106 e. The molecule has 0 radical (unpaired) electrons. The van der Waals surface area contributed by atoms with Gasteiger partial charge < -0.3 is 9.73 Å². The van der Waals surface area contributed by atoms with Crippen LogP contribution in [-0.4, -0.2) is 16.8 Å². The molecule has 0 aliphatic rings. The lowest BCUT2D eigenvalue weighted by molar-refractivity contribution is 0.472. The first-order valence-electron chi connectivity index (χ1n) is 6.42. The first-order valence-corrected chi connectivity index (χ1v) is 6.80. The van der Waals surface area contributed by atoms with Crippen LogP contribution < -0.4 is 5.32 Å². The summed E-state index contributed by atoms with van der Waals surface area (Å²) in [4.78, 5) is 0. The van der Waals surface area contributed by atoms with Crippen LogP contribution in [0.4, 0.5) is 0 Å². The molecule has 4 nitrogen and oxygen atoms in total. The molecule has 5 heteroatoms. The van der Waals surface area contributed by atoms with Crippen molar-refractivity contribution < 1.29 is 4.42 Å². The lowest BCUT2D eigenvalue weighted by atomic mass is 10.0. The maximum Gasteiger partial charge on any atom is 0.106 e. The Morgan fingerprint density at radius 2 is 2.05 bits per heavy atom. The molecule has 2 rings (SSSR count). The Bertz CT molecular complexity index is 571. The molecule has 0 fully saturated rings. The number of nitrogens with one attached hydrogen (secondary N) is 1. The van der Waals surface area contributed by atoms with Crippen molar-refractivity contribution in [3.63, 3.8) is 0 Å². The van der Waals surface area contributed by atoms with Crippen LogP contribution >= 0.6 is 11.6 Å². The Morgan fingerprint density at radius 3 is 2.53 bits per heavy atom. The first-order chi connectivity index (χ1) is 8.95. The van der Waals surface area contributed by atoms with Gasteiger partial charge in [-0.2, -0.15) is 5.10 Å². The Hall–Kier alpha value is -1.26. The molecule has 0 aliphatic carbocycles. The summed E-state index contributed by atoms with van der Waals surface area (Å²) in [5.74, 6) is 1.81. The second-order valence-corrected chi connectivity index (χ2v) is 5.41. The van der Waals surface area contributed by atoms with Gasteiger partial charge in [0.1, 0.15) is 11.5 Å². The van der Waals surface area contributed by atoms with Gasteiger partial charge in [0, 0.05) is 11.6 Å². The largest absolute Gasteiger partial charge is 0.466 e. The molecule has 0 saturated heterocycles. The summed E-state index contributed by atoms with van der Waals surface area (Å²) >= 11 is 6.32. The molecule has 1 unspecified atom stereocenters. The second kappa shape index (κ2) is 5.39. The highest BCUT2D eigenvalue weighted by Gasteiger charge is 2.25. The van der Waals surface area contributed by atoms with Crippen molar-refractivity contribution in [3.8, 4) is 0 Å². The molecule has 1 N–H and O–H groups in total. The first kappa shape index (κ1) is 14.2. The van der Waals surface area contributed by atoms with E-state index in [1.807, 2.05) is 31.6 Å². The highest BCUT2D eigenvalue weighted by molar-refractivity contribution is 6.31. The predicted molar refractivity (Wildman–Crippen MR) is 76.7 cm³/mol. The van der Waals surface area contributed by atoms with Crippen molar-refractivity contribution in [2.75, 3.05) is 7.05 Å². The predicted octanol–water partition coefficient (Wildman–Crippen LogP) is 3.64. The third-order valence-corrected chi connectivity index (χ3v) is 3.52. The number of rotatable bonds is 4. The zero-order valence-electron chi connectivity index (χ0n) is 12.0. The van der Waals surface area contributed by atoms with Crippen LogP contribution in [0.2, 0.25) is 5.02 Å². The van der Waals surface area contributed by atoms with Crippen LogP contribution in [0.5, 0.6) is 0 Å². The SMILES string of the molecule is CNC(c1cc(C)oc1C)c1c(Cl)cnn1C(C)C. The molecule has 0 amide bonds. The summed E-state index contributed by atoms with van der Waals surface area (Å²) in [5, 5.41) is 8.34. The van der Waals surface area contributed by atoms with E-state index < -0.39 is 0 Å². The molecular weight excluding hydrogens is 262 g/mol. The van der Waals surface area contributed by atoms with Crippen LogP contribution in [0.15, 0.2) is 16.7 Å². The monoisotopic (exact) mass is 281 g/mol. The van der Waals surface area contributed by atoms with Crippen molar-refractivity contribution in [1.29, 1.82) is 0 Å². The van der Waals surface area contributed by atoms with Crippen molar-refractivity contribution in [1.82, 2.24) is 15.1 Å². The third-order valence-electron chi connectivity index (χ3n) is 3.23. The van der Waals surface area contributed by atoms with Gasteiger partial charge in [0.15, 0.2) is 0 Å². The van der Waals surface area contributed by atoms with E-state index in [0.29, 0.717) is 5.02 Å². The molecule has 0 aliphatic heterocycles. The van der Waals surface area contributed by atoms with Gasteiger partial charge in [-0.1, -0.05) is 11.6 Å². The topological polar surface area (TPSA) is 43.0 Å². The number of aromatic nitrogens is 2. The van der Waals surface area contributed by atoms with Crippen LogP contribution in [0.25, 0.3) is 0 Å². The lowest BCUT2D eigenvalue weighted by Gasteiger charge is -2.20. The van der Waals surface area contributed by atoms with E-state index in [-0.39, 0.29) is 12.1 Å². The zero-order valence-corrected chi connectivity index (χ0v) is 12.7. The van der Waals surface area contributed by atoms with Gasteiger partial charge in [-0.25, -0.2) is 0 Å².